The maximum absolute atomic E-state index is 13.5. The third-order valence-corrected chi connectivity index (χ3v) is 4.20. The summed E-state index contributed by atoms with van der Waals surface area (Å²) in [6.45, 7) is 0. The molecule has 0 saturated heterocycles. The Kier molecular flexibility index (Phi) is 3.34. The molecule has 0 aliphatic carbocycles. The van der Waals surface area contributed by atoms with Crippen LogP contribution in [0.2, 0.25) is 0 Å². The summed E-state index contributed by atoms with van der Waals surface area (Å²) >= 11 is 0. The van der Waals surface area contributed by atoms with Gasteiger partial charge in [0.15, 0.2) is 5.82 Å². The first kappa shape index (κ1) is 13.2. The SMILES string of the molecule is CN(c1ccncc1N)S(=O)(=O)c1ncccc1F. The summed E-state index contributed by atoms with van der Waals surface area (Å²) in [4.78, 5) is 7.33. The Morgan fingerprint density at radius 1 is 1.32 bits per heavy atom. The monoisotopic (exact) mass is 282 g/mol. The Labute approximate surface area is 109 Å². The number of hydrogen-bond donors (Lipinski definition) is 1. The van der Waals surface area contributed by atoms with Crippen LogP contribution in [-0.4, -0.2) is 25.4 Å². The van der Waals surface area contributed by atoms with Gasteiger partial charge in [0.2, 0.25) is 5.03 Å². The molecule has 0 aromatic carbocycles. The standard InChI is InChI=1S/C11H11FN4O2S/c1-16(10-4-6-14-7-9(10)13)19(17,18)11-8(12)3-2-5-15-11/h2-7H,13H2,1H3. The van der Waals surface area contributed by atoms with Crippen LogP contribution in [0.1, 0.15) is 0 Å². The first-order valence-corrected chi connectivity index (χ1v) is 6.67. The van der Waals surface area contributed by atoms with Gasteiger partial charge in [-0.15, -0.1) is 0 Å². The largest absolute Gasteiger partial charge is 0.396 e. The zero-order valence-electron chi connectivity index (χ0n) is 9.99. The van der Waals surface area contributed by atoms with Crippen molar-refractivity contribution < 1.29 is 12.8 Å². The van der Waals surface area contributed by atoms with E-state index in [-0.39, 0.29) is 11.4 Å². The first-order chi connectivity index (χ1) is 8.94. The van der Waals surface area contributed by atoms with Gasteiger partial charge in [-0.2, -0.15) is 8.42 Å². The second-order valence-corrected chi connectivity index (χ2v) is 5.58. The number of hydrogen-bond acceptors (Lipinski definition) is 5. The number of nitrogens with two attached hydrogens (primary N) is 1. The van der Waals surface area contributed by atoms with Gasteiger partial charge < -0.3 is 5.73 Å². The van der Waals surface area contributed by atoms with Crippen molar-refractivity contribution in [1.82, 2.24) is 9.97 Å². The number of nitrogens with zero attached hydrogens (tertiary/aromatic N) is 3. The Bertz CT molecular complexity index is 705. The third kappa shape index (κ3) is 2.34. The van der Waals surface area contributed by atoms with Gasteiger partial charge in [0.1, 0.15) is 0 Å². The third-order valence-electron chi connectivity index (χ3n) is 2.50. The Balaban J connectivity index is 2.52. The Morgan fingerprint density at radius 3 is 2.68 bits per heavy atom. The van der Waals surface area contributed by atoms with Crippen LogP contribution in [0.25, 0.3) is 0 Å². The van der Waals surface area contributed by atoms with Crippen LogP contribution < -0.4 is 10.0 Å². The lowest BCUT2D eigenvalue weighted by molar-refractivity contribution is 0.552. The molecular weight excluding hydrogens is 271 g/mol. The van der Waals surface area contributed by atoms with Crippen LogP contribution in [0.5, 0.6) is 0 Å². The van der Waals surface area contributed by atoms with Gasteiger partial charge in [-0.05, 0) is 18.2 Å². The van der Waals surface area contributed by atoms with Crippen molar-refractivity contribution in [3.05, 3.63) is 42.6 Å². The molecule has 0 fully saturated rings. The number of anilines is 2. The van der Waals surface area contributed by atoms with E-state index in [4.69, 9.17) is 5.73 Å². The maximum atomic E-state index is 13.5. The molecule has 2 heterocycles. The molecule has 0 unspecified atom stereocenters. The van der Waals surface area contributed by atoms with Crippen molar-refractivity contribution in [2.45, 2.75) is 5.03 Å². The number of sulfonamides is 1. The average Bonchev–Trinajstić information content (AvgIpc) is 2.39. The highest BCUT2D eigenvalue weighted by atomic mass is 32.2. The normalized spacial score (nSPS) is 11.3. The van der Waals surface area contributed by atoms with Crippen molar-refractivity contribution in [3.8, 4) is 0 Å². The van der Waals surface area contributed by atoms with E-state index in [1.54, 1.807) is 0 Å². The molecule has 8 heteroatoms. The smallest absolute Gasteiger partial charge is 0.284 e. The van der Waals surface area contributed by atoms with E-state index >= 15 is 0 Å². The maximum Gasteiger partial charge on any atom is 0.284 e. The molecular formula is C11H11FN4O2S. The summed E-state index contributed by atoms with van der Waals surface area (Å²) in [5, 5.41) is -0.645. The fourth-order valence-electron chi connectivity index (χ4n) is 1.51. The summed E-state index contributed by atoms with van der Waals surface area (Å²) in [6.07, 6.45) is 3.92. The van der Waals surface area contributed by atoms with Gasteiger partial charge in [0.25, 0.3) is 10.0 Å². The summed E-state index contributed by atoms with van der Waals surface area (Å²) in [6, 6.07) is 3.77. The average molecular weight is 282 g/mol. The van der Waals surface area contributed by atoms with Crippen molar-refractivity contribution in [3.63, 3.8) is 0 Å². The van der Waals surface area contributed by atoms with E-state index in [9.17, 15) is 12.8 Å². The van der Waals surface area contributed by atoms with Gasteiger partial charge in [0, 0.05) is 19.4 Å². The zero-order valence-corrected chi connectivity index (χ0v) is 10.8. The number of aromatic nitrogens is 2. The fraction of sp³-hybridized carbons (Fsp3) is 0.0909. The molecule has 0 bridgehead atoms. The van der Waals surface area contributed by atoms with Crippen molar-refractivity contribution in [2.24, 2.45) is 0 Å². The molecule has 2 aromatic rings. The minimum atomic E-state index is -4.11. The molecule has 2 rings (SSSR count). The van der Waals surface area contributed by atoms with E-state index in [0.717, 1.165) is 10.4 Å². The van der Waals surface area contributed by atoms with Crippen molar-refractivity contribution in [2.75, 3.05) is 17.1 Å². The van der Waals surface area contributed by atoms with Crippen LogP contribution in [0.4, 0.5) is 15.8 Å². The summed E-state index contributed by atoms with van der Waals surface area (Å²) in [7, 11) is -2.83. The summed E-state index contributed by atoms with van der Waals surface area (Å²) in [5.41, 5.74) is 6.03. The van der Waals surface area contributed by atoms with E-state index in [1.165, 1.54) is 37.8 Å². The van der Waals surface area contributed by atoms with Gasteiger partial charge in [0.05, 0.1) is 17.6 Å². The molecule has 19 heavy (non-hydrogen) atoms. The van der Waals surface area contributed by atoms with Crippen LogP contribution in [-0.2, 0) is 10.0 Å². The number of rotatable bonds is 3. The van der Waals surface area contributed by atoms with E-state index in [1.807, 2.05) is 0 Å². The number of pyridine rings is 2. The second kappa shape index (κ2) is 4.81. The number of nitrogen functional groups attached to an aromatic ring is 1. The quantitative estimate of drug-likeness (QED) is 0.908. The van der Waals surface area contributed by atoms with Gasteiger partial charge in [-0.1, -0.05) is 0 Å². The molecule has 0 amide bonds. The van der Waals surface area contributed by atoms with Crippen LogP contribution >= 0.6 is 0 Å². The van der Waals surface area contributed by atoms with Gasteiger partial charge >= 0.3 is 0 Å². The molecule has 2 aromatic heterocycles. The minimum absolute atomic E-state index is 0.171. The second-order valence-electron chi connectivity index (χ2n) is 3.70. The van der Waals surface area contributed by atoms with E-state index < -0.39 is 20.9 Å². The van der Waals surface area contributed by atoms with Crippen LogP contribution in [0.15, 0.2) is 41.8 Å². The minimum Gasteiger partial charge on any atom is -0.396 e. The molecule has 2 N–H and O–H groups in total. The lowest BCUT2D eigenvalue weighted by Crippen LogP contribution is -2.29. The predicted molar refractivity (Wildman–Crippen MR) is 68.4 cm³/mol. The highest BCUT2D eigenvalue weighted by Crippen LogP contribution is 2.26. The summed E-state index contributed by atoms with van der Waals surface area (Å²) in [5.74, 6) is -0.915. The molecule has 100 valence electrons. The molecule has 0 saturated carbocycles. The first-order valence-electron chi connectivity index (χ1n) is 5.23. The molecule has 0 atom stereocenters. The summed E-state index contributed by atoms with van der Waals surface area (Å²) < 4.78 is 38.9. The van der Waals surface area contributed by atoms with Crippen molar-refractivity contribution >= 4 is 21.4 Å². The molecule has 6 nitrogen and oxygen atoms in total. The highest BCUT2D eigenvalue weighted by Gasteiger charge is 2.27. The van der Waals surface area contributed by atoms with E-state index in [2.05, 4.69) is 9.97 Å². The lowest BCUT2D eigenvalue weighted by Gasteiger charge is -2.20. The highest BCUT2D eigenvalue weighted by molar-refractivity contribution is 7.92. The molecule has 0 aliphatic rings. The van der Waals surface area contributed by atoms with Gasteiger partial charge in [-0.3, -0.25) is 9.29 Å². The molecule has 0 aliphatic heterocycles. The fourth-order valence-corrected chi connectivity index (χ4v) is 2.70. The Hall–Kier alpha value is -2.22. The number of halogens is 1. The van der Waals surface area contributed by atoms with Crippen LogP contribution in [0, 0.1) is 5.82 Å². The zero-order chi connectivity index (χ0) is 14.0. The molecule has 0 spiro atoms. The lowest BCUT2D eigenvalue weighted by atomic mass is 10.3. The molecule has 0 radical (unpaired) electrons. The van der Waals surface area contributed by atoms with Crippen molar-refractivity contribution in [1.29, 1.82) is 0 Å². The Morgan fingerprint density at radius 2 is 2.05 bits per heavy atom. The topological polar surface area (TPSA) is 89.2 Å². The van der Waals surface area contributed by atoms with Gasteiger partial charge in [-0.25, -0.2) is 9.37 Å². The van der Waals surface area contributed by atoms with Crippen LogP contribution in [0.3, 0.4) is 0 Å². The van der Waals surface area contributed by atoms with E-state index in [0.29, 0.717) is 0 Å². The predicted octanol–water partition coefficient (Wildman–Crippen LogP) is 1.02.